The Hall–Kier alpha value is -1.01. The fourth-order valence-electron chi connectivity index (χ4n) is 3.78. The molecule has 0 saturated heterocycles. The molecule has 1 N–H and O–H groups in total. The number of hydrogen-bond acceptors (Lipinski definition) is 6. The van der Waals surface area contributed by atoms with Crippen molar-refractivity contribution in [1.82, 2.24) is 0 Å². The molecule has 0 bridgehead atoms. The Morgan fingerprint density at radius 2 is 1.69 bits per heavy atom. The topological polar surface area (TPSA) is 72.8 Å². The van der Waals surface area contributed by atoms with Crippen molar-refractivity contribution in [1.29, 1.82) is 0 Å². The van der Waals surface area contributed by atoms with Crippen LogP contribution in [-0.4, -0.2) is 47.4 Å². The minimum absolute atomic E-state index is 0.125. The maximum Gasteiger partial charge on any atom is 0.315 e. The minimum Gasteiger partial charge on any atom is -0.466 e. The second kappa shape index (κ2) is 15.8. The Morgan fingerprint density at radius 3 is 2.38 bits per heavy atom. The molecule has 6 heteroatoms. The van der Waals surface area contributed by atoms with Gasteiger partial charge in [0.15, 0.2) is 0 Å². The number of aliphatic hydroxyl groups is 1. The van der Waals surface area contributed by atoms with Gasteiger partial charge in [-0.1, -0.05) is 50.7 Å². The summed E-state index contributed by atoms with van der Waals surface area (Å²) < 4.78 is 10.1. The molecule has 0 spiro atoms. The van der Waals surface area contributed by atoms with Gasteiger partial charge >= 0.3 is 11.9 Å². The van der Waals surface area contributed by atoms with Crippen molar-refractivity contribution < 1.29 is 24.2 Å². The first-order valence-corrected chi connectivity index (χ1v) is 12.4. The molecule has 3 atom stereocenters. The van der Waals surface area contributed by atoms with Gasteiger partial charge < -0.3 is 14.6 Å². The fraction of sp³-hybridized carbons (Fsp3) is 0.826. The van der Waals surface area contributed by atoms with Crippen molar-refractivity contribution in [3.63, 3.8) is 0 Å². The first kappa shape index (κ1) is 26.0. The molecule has 1 saturated carbocycles. The number of unbranched alkanes of at least 4 members (excludes halogenated alkanes) is 6. The number of carbonyl (C=O) groups is 2. The van der Waals surface area contributed by atoms with Gasteiger partial charge in [-0.25, -0.2) is 0 Å². The van der Waals surface area contributed by atoms with E-state index in [0.717, 1.165) is 25.7 Å². The third kappa shape index (κ3) is 10.5. The number of carbonyl (C=O) groups excluding carboxylic acids is 2. The molecule has 0 heterocycles. The normalized spacial score (nSPS) is 23.2. The van der Waals surface area contributed by atoms with E-state index in [1.165, 1.54) is 49.4 Å². The highest BCUT2D eigenvalue weighted by Crippen LogP contribution is 2.38. The molecule has 1 rings (SSSR count). The van der Waals surface area contributed by atoms with Crippen LogP contribution < -0.4 is 0 Å². The zero-order valence-electron chi connectivity index (χ0n) is 18.5. The van der Waals surface area contributed by atoms with Crippen LogP contribution in [0.15, 0.2) is 11.6 Å². The summed E-state index contributed by atoms with van der Waals surface area (Å²) in [6, 6.07) is 0. The summed E-state index contributed by atoms with van der Waals surface area (Å²) in [6.45, 7) is 6.52. The zero-order valence-corrected chi connectivity index (χ0v) is 19.3. The summed E-state index contributed by atoms with van der Waals surface area (Å²) in [7, 11) is 0. The summed E-state index contributed by atoms with van der Waals surface area (Å²) in [4.78, 5) is 23.7. The number of thioether (sulfide) groups is 1. The monoisotopic (exact) mass is 428 g/mol. The maximum absolute atomic E-state index is 11.9. The van der Waals surface area contributed by atoms with Gasteiger partial charge in [-0.3, -0.25) is 9.59 Å². The lowest BCUT2D eigenvalue weighted by Gasteiger charge is -2.36. The molecule has 1 aliphatic carbocycles. The van der Waals surface area contributed by atoms with Crippen molar-refractivity contribution in [2.75, 3.05) is 19.0 Å². The van der Waals surface area contributed by atoms with E-state index in [9.17, 15) is 14.7 Å². The first-order valence-electron chi connectivity index (χ1n) is 11.3. The second-order valence-corrected chi connectivity index (χ2v) is 8.80. The Morgan fingerprint density at radius 1 is 1.03 bits per heavy atom. The molecule has 0 unspecified atom stereocenters. The molecule has 0 amide bonds. The van der Waals surface area contributed by atoms with Gasteiger partial charge in [-0.15, -0.1) is 11.8 Å². The quantitative estimate of drug-likeness (QED) is 0.237. The molecule has 5 nitrogen and oxygen atoms in total. The Bertz CT molecular complexity index is 505. The van der Waals surface area contributed by atoms with Gasteiger partial charge in [0.1, 0.15) is 0 Å². The highest BCUT2D eigenvalue weighted by molar-refractivity contribution is 8.00. The van der Waals surface area contributed by atoms with Crippen molar-refractivity contribution in [3.05, 3.63) is 11.6 Å². The van der Waals surface area contributed by atoms with Gasteiger partial charge in [0, 0.05) is 0 Å². The lowest BCUT2D eigenvalue weighted by molar-refractivity contribution is -0.145. The molecule has 29 heavy (non-hydrogen) atoms. The SMILES string of the molecule is CCCCCCCCC=C1CC[C@@H](CC(=O)OCC)[C@H](O)[C@H]1SCC(=O)OCC. The third-order valence-corrected chi connectivity index (χ3v) is 6.69. The molecular weight excluding hydrogens is 388 g/mol. The average Bonchev–Trinajstić information content (AvgIpc) is 2.69. The molecule has 168 valence electrons. The van der Waals surface area contributed by atoms with Gasteiger partial charge in [0.2, 0.25) is 0 Å². The molecule has 0 aliphatic heterocycles. The zero-order chi connectivity index (χ0) is 21.5. The van der Waals surface area contributed by atoms with Crippen LogP contribution in [0.25, 0.3) is 0 Å². The Labute approximate surface area is 181 Å². The van der Waals surface area contributed by atoms with E-state index in [-0.39, 0.29) is 35.3 Å². The lowest BCUT2D eigenvalue weighted by atomic mass is 9.80. The number of hydrogen-bond donors (Lipinski definition) is 1. The standard InChI is InChI=1S/C23H40O5S/c1-4-7-8-9-10-11-12-13-18-14-15-19(16-20(24)27-5-2)22(26)23(18)29-17-21(25)28-6-3/h13,19,22-23,26H,4-12,14-17H2,1-3H3/t19-,22-,23-/m0/s1. The van der Waals surface area contributed by atoms with E-state index in [1.54, 1.807) is 13.8 Å². The third-order valence-electron chi connectivity index (χ3n) is 5.35. The highest BCUT2D eigenvalue weighted by atomic mass is 32.2. The van der Waals surface area contributed by atoms with Gasteiger partial charge in [-0.05, 0) is 45.4 Å². The molecule has 1 aliphatic rings. The van der Waals surface area contributed by atoms with E-state index in [0.29, 0.717) is 13.2 Å². The number of ether oxygens (including phenoxy) is 2. The molecule has 0 aromatic rings. The van der Waals surface area contributed by atoms with Crippen molar-refractivity contribution in [2.24, 2.45) is 5.92 Å². The lowest BCUT2D eigenvalue weighted by Crippen LogP contribution is -2.39. The molecule has 0 aromatic heterocycles. The van der Waals surface area contributed by atoms with E-state index in [1.807, 2.05) is 0 Å². The minimum atomic E-state index is -0.650. The highest BCUT2D eigenvalue weighted by Gasteiger charge is 2.36. The van der Waals surface area contributed by atoms with Gasteiger partial charge in [-0.2, -0.15) is 0 Å². The van der Waals surface area contributed by atoms with Crippen LogP contribution in [0.5, 0.6) is 0 Å². The van der Waals surface area contributed by atoms with Crippen LogP contribution in [-0.2, 0) is 19.1 Å². The van der Waals surface area contributed by atoms with Crippen LogP contribution in [0.4, 0.5) is 0 Å². The summed E-state index contributed by atoms with van der Waals surface area (Å²) >= 11 is 1.44. The number of allylic oxidation sites excluding steroid dienone is 1. The first-order chi connectivity index (χ1) is 14.0. The molecule has 0 radical (unpaired) electrons. The molecular formula is C23H40O5S. The predicted octanol–water partition coefficient (Wildman–Crippen LogP) is 5.05. The van der Waals surface area contributed by atoms with Gasteiger partial charge in [0.25, 0.3) is 0 Å². The van der Waals surface area contributed by atoms with Crippen molar-refractivity contribution in [3.8, 4) is 0 Å². The largest absolute Gasteiger partial charge is 0.466 e. The summed E-state index contributed by atoms with van der Waals surface area (Å²) in [5.74, 6) is -0.423. The summed E-state index contributed by atoms with van der Waals surface area (Å²) in [5.41, 5.74) is 1.21. The molecule has 1 fully saturated rings. The van der Waals surface area contributed by atoms with Crippen LogP contribution >= 0.6 is 11.8 Å². The van der Waals surface area contributed by atoms with Crippen molar-refractivity contribution in [2.45, 2.75) is 96.3 Å². The summed E-state index contributed by atoms with van der Waals surface area (Å²) in [6.07, 6.45) is 12.0. The van der Waals surface area contributed by atoms with Gasteiger partial charge in [0.05, 0.1) is 36.7 Å². The molecule has 0 aromatic carbocycles. The van der Waals surface area contributed by atoms with E-state index in [2.05, 4.69) is 13.0 Å². The van der Waals surface area contributed by atoms with Crippen LogP contribution in [0.2, 0.25) is 0 Å². The van der Waals surface area contributed by atoms with Crippen LogP contribution in [0, 0.1) is 5.92 Å². The Kier molecular flexibility index (Phi) is 14.2. The maximum atomic E-state index is 11.9. The smallest absolute Gasteiger partial charge is 0.315 e. The van der Waals surface area contributed by atoms with E-state index >= 15 is 0 Å². The number of esters is 2. The fourth-order valence-corrected chi connectivity index (χ4v) is 5.03. The number of rotatable bonds is 14. The summed E-state index contributed by atoms with van der Waals surface area (Å²) in [5, 5.41) is 10.8. The Balaban J connectivity index is 2.65. The number of aliphatic hydroxyl groups excluding tert-OH is 1. The predicted molar refractivity (Wildman–Crippen MR) is 119 cm³/mol. The second-order valence-electron chi connectivity index (χ2n) is 7.67. The van der Waals surface area contributed by atoms with Crippen LogP contribution in [0.1, 0.15) is 85.0 Å². The average molecular weight is 429 g/mol. The van der Waals surface area contributed by atoms with E-state index in [4.69, 9.17) is 9.47 Å². The van der Waals surface area contributed by atoms with E-state index < -0.39 is 6.10 Å². The van der Waals surface area contributed by atoms with Crippen LogP contribution in [0.3, 0.4) is 0 Å². The van der Waals surface area contributed by atoms with Crippen molar-refractivity contribution >= 4 is 23.7 Å².